The summed E-state index contributed by atoms with van der Waals surface area (Å²) in [5.41, 5.74) is 1.36. The molecule has 0 amide bonds. The van der Waals surface area contributed by atoms with Crippen LogP contribution in [0.25, 0.3) is 0 Å². The topological polar surface area (TPSA) is 46.5 Å². The molecule has 0 saturated heterocycles. The van der Waals surface area contributed by atoms with E-state index in [0.717, 1.165) is 24.0 Å². The van der Waals surface area contributed by atoms with E-state index in [0.29, 0.717) is 0 Å². The Morgan fingerprint density at radius 2 is 2.27 bits per heavy atom. The third-order valence-corrected chi connectivity index (χ3v) is 2.99. The molecule has 1 saturated carbocycles. The molecular weight excluding hydrogens is 192 g/mol. The van der Waals surface area contributed by atoms with Crippen molar-refractivity contribution in [3.63, 3.8) is 0 Å². The van der Waals surface area contributed by atoms with Crippen LogP contribution in [-0.2, 0) is 21.6 Å². The van der Waals surface area contributed by atoms with E-state index in [1.54, 1.807) is 0 Å². The van der Waals surface area contributed by atoms with Crippen LogP contribution < -0.4 is 0 Å². The molecule has 0 aromatic heterocycles. The highest BCUT2D eigenvalue weighted by Crippen LogP contribution is 2.49. The smallest absolute Gasteiger partial charge is 0.316 e. The van der Waals surface area contributed by atoms with Crippen LogP contribution in [0.2, 0.25) is 0 Å². The van der Waals surface area contributed by atoms with Gasteiger partial charge in [-0.15, -0.1) is 0 Å². The van der Waals surface area contributed by atoms with Crippen molar-refractivity contribution in [3.05, 3.63) is 35.4 Å². The fourth-order valence-corrected chi connectivity index (χ4v) is 1.90. The minimum absolute atomic E-state index is 0.00505. The van der Waals surface area contributed by atoms with Crippen LogP contribution in [0.1, 0.15) is 24.0 Å². The Kier molecular flexibility index (Phi) is 2.49. The SMILES string of the molecule is COC(=O)C1(c2cccc(CO)c2)CC1. The maximum Gasteiger partial charge on any atom is 0.316 e. The van der Waals surface area contributed by atoms with E-state index in [2.05, 4.69) is 0 Å². The van der Waals surface area contributed by atoms with Crippen LogP contribution >= 0.6 is 0 Å². The zero-order chi connectivity index (χ0) is 10.9. The van der Waals surface area contributed by atoms with Gasteiger partial charge in [-0.1, -0.05) is 24.3 Å². The molecule has 0 unspecified atom stereocenters. The van der Waals surface area contributed by atoms with Crippen LogP contribution in [0.3, 0.4) is 0 Å². The molecule has 1 fully saturated rings. The number of rotatable bonds is 3. The number of aliphatic hydroxyl groups is 1. The Hall–Kier alpha value is -1.35. The molecule has 0 spiro atoms. The van der Waals surface area contributed by atoms with Gasteiger partial charge in [-0.05, 0) is 24.0 Å². The second-order valence-corrected chi connectivity index (χ2v) is 3.93. The average Bonchev–Trinajstić information content (AvgIpc) is 3.09. The molecule has 3 nitrogen and oxygen atoms in total. The number of esters is 1. The molecular formula is C12H14O3. The number of methoxy groups -OCH3 is 1. The van der Waals surface area contributed by atoms with Gasteiger partial charge in [0.1, 0.15) is 0 Å². The van der Waals surface area contributed by atoms with Gasteiger partial charge in [0.05, 0.1) is 19.1 Å². The van der Waals surface area contributed by atoms with Gasteiger partial charge in [-0.25, -0.2) is 0 Å². The highest BCUT2D eigenvalue weighted by Gasteiger charge is 2.52. The lowest BCUT2D eigenvalue weighted by atomic mass is 9.94. The summed E-state index contributed by atoms with van der Waals surface area (Å²) in [7, 11) is 1.41. The first kappa shape index (κ1) is 10.2. The molecule has 3 heteroatoms. The van der Waals surface area contributed by atoms with Crippen LogP contribution in [0, 0.1) is 0 Å². The van der Waals surface area contributed by atoms with Gasteiger partial charge >= 0.3 is 5.97 Å². The summed E-state index contributed by atoms with van der Waals surface area (Å²) < 4.78 is 4.80. The molecule has 1 aliphatic rings. The van der Waals surface area contributed by atoms with E-state index >= 15 is 0 Å². The van der Waals surface area contributed by atoms with E-state index < -0.39 is 5.41 Å². The Balaban J connectivity index is 2.33. The van der Waals surface area contributed by atoms with Crippen molar-refractivity contribution in [1.82, 2.24) is 0 Å². The molecule has 1 N–H and O–H groups in total. The summed E-state index contributed by atoms with van der Waals surface area (Å²) in [5, 5.41) is 9.03. The zero-order valence-corrected chi connectivity index (χ0v) is 8.69. The van der Waals surface area contributed by atoms with Crippen molar-refractivity contribution in [2.75, 3.05) is 7.11 Å². The Morgan fingerprint density at radius 3 is 2.80 bits per heavy atom. The Labute approximate surface area is 88.7 Å². The van der Waals surface area contributed by atoms with Crippen molar-refractivity contribution in [2.24, 2.45) is 0 Å². The third kappa shape index (κ3) is 1.63. The Morgan fingerprint density at radius 1 is 1.53 bits per heavy atom. The predicted molar refractivity (Wildman–Crippen MR) is 55.3 cm³/mol. The summed E-state index contributed by atoms with van der Waals surface area (Å²) in [6.07, 6.45) is 1.68. The largest absolute Gasteiger partial charge is 0.468 e. The summed E-state index contributed by atoms with van der Waals surface area (Å²) in [4.78, 5) is 11.6. The summed E-state index contributed by atoms with van der Waals surface area (Å²) in [5.74, 6) is -0.169. The van der Waals surface area contributed by atoms with Crippen LogP contribution in [0.4, 0.5) is 0 Å². The first-order valence-corrected chi connectivity index (χ1v) is 5.01. The van der Waals surface area contributed by atoms with Gasteiger partial charge in [-0.3, -0.25) is 4.79 Å². The number of benzene rings is 1. The highest BCUT2D eigenvalue weighted by molar-refractivity contribution is 5.86. The number of hydrogen-bond donors (Lipinski definition) is 1. The number of ether oxygens (including phenoxy) is 1. The van der Waals surface area contributed by atoms with E-state index in [-0.39, 0.29) is 12.6 Å². The van der Waals surface area contributed by atoms with Gasteiger partial charge in [0.2, 0.25) is 0 Å². The minimum Gasteiger partial charge on any atom is -0.468 e. The van der Waals surface area contributed by atoms with Crippen molar-refractivity contribution in [3.8, 4) is 0 Å². The van der Waals surface area contributed by atoms with Gasteiger partial charge in [0.25, 0.3) is 0 Å². The fourth-order valence-electron chi connectivity index (χ4n) is 1.90. The van der Waals surface area contributed by atoms with E-state index in [1.807, 2.05) is 24.3 Å². The number of hydrogen-bond acceptors (Lipinski definition) is 3. The van der Waals surface area contributed by atoms with E-state index in [1.165, 1.54) is 7.11 Å². The number of aliphatic hydroxyl groups excluding tert-OH is 1. The van der Waals surface area contributed by atoms with Gasteiger partial charge in [0, 0.05) is 0 Å². The van der Waals surface area contributed by atoms with E-state index in [4.69, 9.17) is 9.84 Å². The number of carbonyl (C=O) groups is 1. The van der Waals surface area contributed by atoms with Crippen LogP contribution in [-0.4, -0.2) is 18.2 Å². The molecule has 0 aliphatic heterocycles. The summed E-state index contributed by atoms with van der Waals surface area (Å²) in [6.45, 7) is 0.00505. The first-order valence-electron chi connectivity index (χ1n) is 5.01. The third-order valence-electron chi connectivity index (χ3n) is 2.99. The van der Waals surface area contributed by atoms with Crippen molar-refractivity contribution in [2.45, 2.75) is 24.9 Å². The van der Waals surface area contributed by atoms with Crippen LogP contribution in [0.15, 0.2) is 24.3 Å². The second-order valence-electron chi connectivity index (χ2n) is 3.93. The lowest BCUT2D eigenvalue weighted by Gasteiger charge is -2.13. The lowest BCUT2D eigenvalue weighted by Crippen LogP contribution is -2.21. The second kappa shape index (κ2) is 3.66. The lowest BCUT2D eigenvalue weighted by molar-refractivity contribution is -0.143. The van der Waals surface area contributed by atoms with Gasteiger partial charge < -0.3 is 9.84 Å². The normalized spacial score (nSPS) is 17.2. The quantitative estimate of drug-likeness (QED) is 0.760. The minimum atomic E-state index is -0.431. The zero-order valence-electron chi connectivity index (χ0n) is 8.69. The van der Waals surface area contributed by atoms with Crippen molar-refractivity contribution < 1.29 is 14.6 Å². The summed E-state index contributed by atoms with van der Waals surface area (Å²) >= 11 is 0. The molecule has 15 heavy (non-hydrogen) atoms. The van der Waals surface area contributed by atoms with Crippen molar-refractivity contribution in [1.29, 1.82) is 0 Å². The first-order chi connectivity index (χ1) is 7.23. The average molecular weight is 206 g/mol. The Bertz CT molecular complexity index is 380. The molecule has 0 heterocycles. The molecule has 1 aromatic carbocycles. The molecule has 0 atom stereocenters. The predicted octanol–water partition coefficient (Wildman–Crippen LogP) is 1.38. The van der Waals surface area contributed by atoms with E-state index in [9.17, 15) is 4.79 Å². The maximum absolute atomic E-state index is 11.6. The standard InChI is InChI=1S/C12H14O3/c1-15-11(14)12(5-6-12)10-4-2-3-9(7-10)8-13/h2-4,7,13H,5-6,8H2,1H3. The van der Waals surface area contributed by atoms with Gasteiger partial charge in [0.15, 0.2) is 0 Å². The highest BCUT2D eigenvalue weighted by atomic mass is 16.5. The molecule has 0 bridgehead atoms. The molecule has 1 aliphatic carbocycles. The maximum atomic E-state index is 11.6. The molecule has 2 rings (SSSR count). The molecule has 1 aromatic rings. The number of carbonyl (C=O) groups excluding carboxylic acids is 1. The monoisotopic (exact) mass is 206 g/mol. The molecule has 80 valence electrons. The van der Waals surface area contributed by atoms with Crippen molar-refractivity contribution >= 4 is 5.97 Å². The molecule has 0 radical (unpaired) electrons. The fraction of sp³-hybridized carbons (Fsp3) is 0.417. The summed E-state index contributed by atoms with van der Waals surface area (Å²) in [6, 6.07) is 7.51. The van der Waals surface area contributed by atoms with Gasteiger partial charge in [-0.2, -0.15) is 0 Å². The van der Waals surface area contributed by atoms with Crippen LogP contribution in [0.5, 0.6) is 0 Å².